The number of nitrogens with zero attached hydrogens (tertiary/aromatic N) is 3. The second-order valence-corrected chi connectivity index (χ2v) is 3.75. The Bertz CT molecular complexity index is 649. The highest BCUT2D eigenvalue weighted by Gasteiger charge is 2.17. The van der Waals surface area contributed by atoms with Gasteiger partial charge in [-0.3, -0.25) is 9.97 Å². The molecule has 0 saturated carbocycles. The van der Waals surface area contributed by atoms with Crippen LogP contribution < -0.4 is 5.73 Å². The molecule has 5 heteroatoms. The van der Waals surface area contributed by atoms with E-state index in [1.807, 2.05) is 24.3 Å². The Kier molecular flexibility index (Phi) is 2.49. The number of nitrogen functional groups attached to an aromatic ring is 1. The molecular weight excluding hydrogens is 228 g/mol. The lowest BCUT2D eigenvalue weighted by Gasteiger charge is -2.01. The van der Waals surface area contributed by atoms with Crippen LogP contribution in [-0.4, -0.2) is 15.1 Å². The van der Waals surface area contributed by atoms with Crippen molar-refractivity contribution in [3.05, 3.63) is 49.1 Å². The first-order chi connectivity index (χ1) is 8.86. The number of nitrogens with two attached hydrogens (primary N) is 1. The van der Waals surface area contributed by atoms with Crippen LogP contribution in [0.2, 0.25) is 0 Å². The third kappa shape index (κ3) is 1.71. The number of aromatic nitrogens is 3. The molecule has 0 aliphatic heterocycles. The number of rotatable bonds is 2. The Balaban J connectivity index is 2.19. The Labute approximate surface area is 103 Å². The Hall–Kier alpha value is -2.69. The molecule has 5 nitrogen and oxygen atoms in total. The summed E-state index contributed by atoms with van der Waals surface area (Å²) in [5.74, 6) is 0.979. The van der Waals surface area contributed by atoms with E-state index < -0.39 is 0 Å². The largest absolute Gasteiger partial charge is 0.380 e. The van der Waals surface area contributed by atoms with Gasteiger partial charge in [-0.05, 0) is 29.8 Å². The summed E-state index contributed by atoms with van der Waals surface area (Å²) in [6.07, 6.45) is 6.82. The zero-order chi connectivity index (χ0) is 12.4. The van der Waals surface area contributed by atoms with E-state index in [-0.39, 0.29) is 0 Å². The van der Waals surface area contributed by atoms with E-state index in [9.17, 15) is 0 Å². The summed E-state index contributed by atoms with van der Waals surface area (Å²) in [5, 5.41) is 3.82. The number of hydrogen-bond donors (Lipinski definition) is 1. The van der Waals surface area contributed by atoms with Crippen LogP contribution in [-0.2, 0) is 0 Å². The summed E-state index contributed by atoms with van der Waals surface area (Å²) >= 11 is 0. The van der Waals surface area contributed by atoms with Gasteiger partial charge in [0.05, 0.1) is 5.56 Å². The first-order valence-electron chi connectivity index (χ1n) is 5.42. The average molecular weight is 238 g/mol. The van der Waals surface area contributed by atoms with E-state index in [1.54, 1.807) is 24.8 Å². The third-order valence-electron chi connectivity index (χ3n) is 2.61. The van der Waals surface area contributed by atoms with Crippen molar-refractivity contribution in [1.82, 2.24) is 15.1 Å². The lowest BCUT2D eigenvalue weighted by molar-refractivity contribution is 0.436. The van der Waals surface area contributed by atoms with Gasteiger partial charge in [0, 0.05) is 30.4 Å². The molecule has 2 N–H and O–H groups in total. The van der Waals surface area contributed by atoms with Crippen molar-refractivity contribution in [2.45, 2.75) is 0 Å². The summed E-state index contributed by atoms with van der Waals surface area (Å²) in [6, 6.07) is 7.47. The van der Waals surface area contributed by atoms with Gasteiger partial charge >= 0.3 is 0 Å². The van der Waals surface area contributed by atoms with E-state index >= 15 is 0 Å². The van der Waals surface area contributed by atoms with Crippen molar-refractivity contribution < 1.29 is 4.52 Å². The van der Waals surface area contributed by atoms with Crippen LogP contribution >= 0.6 is 0 Å². The SMILES string of the molecule is Nc1noc(-c2cccnc2)c1-c1ccncc1. The molecule has 0 spiro atoms. The lowest BCUT2D eigenvalue weighted by Crippen LogP contribution is -1.89. The van der Waals surface area contributed by atoms with Crippen LogP contribution in [0.15, 0.2) is 53.6 Å². The summed E-state index contributed by atoms with van der Waals surface area (Å²) in [5.41, 5.74) is 8.39. The smallest absolute Gasteiger partial charge is 0.178 e. The first kappa shape index (κ1) is 10.5. The zero-order valence-corrected chi connectivity index (χ0v) is 9.45. The fourth-order valence-corrected chi connectivity index (χ4v) is 1.79. The summed E-state index contributed by atoms with van der Waals surface area (Å²) in [4.78, 5) is 8.05. The number of anilines is 1. The molecule has 88 valence electrons. The van der Waals surface area contributed by atoms with Crippen molar-refractivity contribution in [1.29, 1.82) is 0 Å². The molecule has 18 heavy (non-hydrogen) atoms. The quantitative estimate of drug-likeness (QED) is 0.741. The lowest BCUT2D eigenvalue weighted by atomic mass is 10.0. The molecule has 0 bridgehead atoms. The van der Waals surface area contributed by atoms with Crippen molar-refractivity contribution >= 4 is 5.82 Å². The second kappa shape index (κ2) is 4.29. The van der Waals surface area contributed by atoms with Gasteiger partial charge in [-0.25, -0.2) is 0 Å². The van der Waals surface area contributed by atoms with Gasteiger partial charge in [-0.1, -0.05) is 5.16 Å². The molecule has 3 rings (SSSR count). The highest BCUT2D eigenvalue weighted by molar-refractivity contribution is 5.85. The van der Waals surface area contributed by atoms with Crippen LogP contribution in [0.5, 0.6) is 0 Å². The van der Waals surface area contributed by atoms with Crippen LogP contribution in [0, 0.1) is 0 Å². The summed E-state index contributed by atoms with van der Waals surface area (Å²) < 4.78 is 5.30. The van der Waals surface area contributed by atoms with E-state index in [0.717, 1.165) is 16.7 Å². The van der Waals surface area contributed by atoms with Crippen molar-refractivity contribution in [3.63, 3.8) is 0 Å². The highest BCUT2D eigenvalue weighted by Crippen LogP contribution is 2.35. The minimum Gasteiger partial charge on any atom is -0.380 e. The fourth-order valence-electron chi connectivity index (χ4n) is 1.79. The minimum absolute atomic E-state index is 0.361. The Morgan fingerprint density at radius 2 is 1.78 bits per heavy atom. The maximum atomic E-state index is 5.87. The molecule has 0 unspecified atom stereocenters. The molecule has 0 radical (unpaired) electrons. The van der Waals surface area contributed by atoms with Gasteiger partial charge in [-0.2, -0.15) is 0 Å². The molecule has 0 aliphatic rings. The molecule has 0 aliphatic carbocycles. The first-order valence-corrected chi connectivity index (χ1v) is 5.42. The predicted octanol–water partition coefficient (Wildman–Crippen LogP) is 2.38. The van der Waals surface area contributed by atoms with E-state index in [1.165, 1.54) is 0 Å². The van der Waals surface area contributed by atoms with Crippen LogP contribution in [0.1, 0.15) is 0 Å². The number of pyridine rings is 2. The Morgan fingerprint density at radius 1 is 0.944 bits per heavy atom. The third-order valence-corrected chi connectivity index (χ3v) is 2.61. The Morgan fingerprint density at radius 3 is 2.50 bits per heavy atom. The van der Waals surface area contributed by atoms with Gasteiger partial charge in [0.15, 0.2) is 11.6 Å². The monoisotopic (exact) mass is 238 g/mol. The van der Waals surface area contributed by atoms with Gasteiger partial charge in [-0.15, -0.1) is 0 Å². The van der Waals surface area contributed by atoms with E-state index in [4.69, 9.17) is 10.3 Å². The van der Waals surface area contributed by atoms with Crippen molar-refractivity contribution in [2.75, 3.05) is 5.73 Å². The molecule has 3 aromatic heterocycles. The average Bonchev–Trinajstić information content (AvgIpc) is 2.83. The van der Waals surface area contributed by atoms with E-state index in [2.05, 4.69) is 15.1 Å². The van der Waals surface area contributed by atoms with Gasteiger partial charge in [0.2, 0.25) is 0 Å². The van der Waals surface area contributed by atoms with Crippen molar-refractivity contribution in [2.24, 2.45) is 0 Å². The fraction of sp³-hybridized carbons (Fsp3) is 0. The van der Waals surface area contributed by atoms with Gasteiger partial charge in [0.25, 0.3) is 0 Å². The van der Waals surface area contributed by atoms with Crippen LogP contribution in [0.3, 0.4) is 0 Å². The number of hydrogen-bond acceptors (Lipinski definition) is 5. The molecule has 0 aromatic carbocycles. The second-order valence-electron chi connectivity index (χ2n) is 3.75. The topological polar surface area (TPSA) is 77.8 Å². The molecule has 3 aromatic rings. The van der Waals surface area contributed by atoms with E-state index in [0.29, 0.717) is 11.6 Å². The standard InChI is InChI=1S/C13H10N4O/c14-13-11(9-3-6-15-7-4-9)12(18-17-13)10-2-1-5-16-8-10/h1-8H,(H2,14,17). The van der Waals surface area contributed by atoms with Crippen LogP contribution in [0.25, 0.3) is 22.5 Å². The molecule has 0 fully saturated rings. The highest BCUT2D eigenvalue weighted by atomic mass is 16.5. The van der Waals surface area contributed by atoms with Crippen LogP contribution in [0.4, 0.5) is 5.82 Å². The van der Waals surface area contributed by atoms with Gasteiger partial charge < -0.3 is 10.3 Å². The van der Waals surface area contributed by atoms with Gasteiger partial charge in [0.1, 0.15) is 0 Å². The zero-order valence-electron chi connectivity index (χ0n) is 9.45. The maximum Gasteiger partial charge on any atom is 0.178 e. The summed E-state index contributed by atoms with van der Waals surface area (Å²) in [7, 11) is 0. The molecule has 0 amide bonds. The minimum atomic E-state index is 0.361. The molecule has 0 saturated heterocycles. The maximum absolute atomic E-state index is 5.87. The molecule has 3 heterocycles. The predicted molar refractivity (Wildman–Crippen MR) is 67.4 cm³/mol. The normalized spacial score (nSPS) is 10.4. The van der Waals surface area contributed by atoms with Crippen molar-refractivity contribution in [3.8, 4) is 22.5 Å². The molecule has 0 atom stereocenters. The molecular formula is C13H10N4O. The summed E-state index contributed by atoms with van der Waals surface area (Å²) in [6.45, 7) is 0.